The second-order valence-corrected chi connectivity index (χ2v) is 12.1. The Morgan fingerprint density at radius 3 is 1.38 bits per heavy atom. The van der Waals surface area contributed by atoms with Gasteiger partial charge >= 0.3 is 6.18 Å². The van der Waals surface area contributed by atoms with E-state index in [0.29, 0.717) is 55.3 Å². The van der Waals surface area contributed by atoms with E-state index in [9.17, 15) is 10.5 Å². The van der Waals surface area contributed by atoms with Crippen molar-refractivity contribution in [2.45, 2.75) is 20.0 Å². The molecule has 0 aliphatic carbocycles. The van der Waals surface area contributed by atoms with Crippen LogP contribution < -0.4 is 0 Å². The molecule has 246 valence electrons. The molecule has 3 heterocycles. The molecule has 8 aromatic rings. The van der Waals surface area contributed by atoms with Gasteiger partial charge < -0.3 is 9.13 Å². The number of nitrogens with zero attached hydrogens (tertiary/aromatic N) is 9. The molecule has 5 aromatic carbocycles. The molecule has 0 aliphatic rings. The van der Waals surface area contributed by atoms with Gasteiger partial charge in [0.05, 0.1) is 58.8 Å². The third-order valence-corrected chi connectivity index (χ3v) is 9.00. The van der Waals surface area contributed by atoms with Crippen molar-refractivity contribution in [3.8, 4) is 34.9 Å². The molecule has 0 saturated heterocycles. The summed E-state index contributed by atoms with van der Waals surface area (Å²) in [5.41, 5.74) is 0.735. The predicted octanol–water partition coefficient (Wildman–Crippen LogP) is 10.2. The largest absolute Gasteiger partial charge is 0.420 e. The number of rotatable bonds is 3. The highest BCUT2D eigenvalue weighted by Crippen LogP contribution is 2.46. The Labute approximate surface area is 293 Å². The number of hydrogen-bond acceptors (Lipinski definition) is 5. The summed E-state index contributed by atoms with van der Waals surface area (Å²) in [7, 11) is 0. The van der Waals surface area contributed by atoms with Crippen LogP contribution in [0.15, 0.2) is 84.9 Å². The van der Waals surface area contributed by atoms with Gasteiger partial charge in [0.25, 0.3) is 0 Å². The minimum Gasteiger partial charge on any atom is -0.310 e. The molecular formula is C40H20F3N9. The van der Waals surface area contributed by atoms with E-state index in [2.05, 4.69) is 36.8 Å². The maximum absolute atomic E-state index is 16.1. The Kier molecular flexibility index (Phi) is 7.03. The zero-order valence-electron chi connectivity index (χ0n) is 27.2. The average molecular weight is 684 g/mol. The zero-order chi connectivity index (χ0) is 36.5. The summed E-state index contributed by atoms with van der Waals surface area (Å²) in [4.78, 5) is 20.4. The average Bonchev–Trinajstić information content (AvgIpc) is 3.63. The highest BCUT2D eigenvalue weighted by Gasteiger charge is 2.40. The van der Waals surface area contributed by atoms with Crippen molar-refractivity contribution < 1.29 is 13.2 Å². The van der Waals surface area contributed by atoms with Crippen LogP contribution in [0.5, 0.6) is 0 Å². The van der Waals surface area contributed by atoms with Gasteiger partial charge in [0.1, 0.15) is 17.2 Å². The highest BCUT2D eigenvalue weighted by atomic mass is 19.4. The van der Waals surface area contributed by atoms with Gasteiger partial charge in [-0.25, -0.2) is 24.6 Å². The zero-order valence-corrected chi connectivity index (χ0v) is 27.2. The van der Waals surface area contributed by atoms with E-state index in [1.165, 1.54) is 45.5 Å². The second kappa shape index (κ2) is 11.5. The van der Waals surface area contributed by atoms with Gasteiger partial charge in [-0.1, -0.05) is 36.4 Å². The molecule has 0 bridgehead atoms. The summed E-state index contributed by atoms with van der Waals surface area (Å²) in [6.45, 7) is 18.7. The Balaban J connectivity index is 1.65. The third-order valence-electron chi connectivity index (χ3n) is 9.00. The molecule has 8 rings (SSSR count). The van der Waals surface area contributed by atoms with Crippen LogP contribution in [0.3, 0.4) is 0 Å². The van der Waals surface area contributed by atoms with Crippen LogP contribution in [-0.2, 0) is 6.18 Å². The van der Waals surface area contributed by atoms with Gasteiger partial charge in [-0.3, -0.25) is 0 Å². The Morgan fingerprint density at radius 1 is 0.596 bits per heavy atom. The number of nitriles is 2. The molecule has 0 aliphatic heterocycles. The van der Waals surface area contributed by atoms with Gasteiger partial charge in [-0.2, -0.15) is 23.7 Å². The fourth-order valence-electron chi connectivity index (χ4n) is 6.94. The van der Waals surface area contributed by atoms with Crippen molar-refractivity contribution in [2.75, 3.05) is 0 Å². The molecule has 0 unspecified atom stereocenters. The maximum Gasteiger partial charge on any atom is 0.420 e. The fraction of sp³-hybridized carbons (Fsp3) is 0.0750. The first-order valence-corrected chi connectivity index (χ1v) is 15.7. The number of aryl methyl sites for hydroxylation is 2. The van der Waals surface area contributed by atoms with Crippen molar-refractivity contribution in [3.05, 3.63) is 136 Å². The second-order valence-electron chi connectivity index (χ2n) is 12.1. The third kappa shape index (κ3) is 4.87. The van der Waals surface area contributed by atoms with E-state index in [1.54, 1.807) is 62.4 Å². The van der Waals surface area contributed by atoms with Gasteiger partial charge in [-0.15, -0.1) is 0 Å². The van der Waals surface area contributed by atoms with Crippen molar-refractivity contribution in [1.29, 1.82) is 10.5 Å². The van der Waals surface area contributed by atoms with E-state index in [4.69, 9.17) is 13.1 Å². The summed E-state index contributed by atoms with van der Waals surface area (Å²) >= 11 is 0. The predicted molar refractivity (Wildman–Crippen MR) is 190 cm³/mol. The van der Waals surface area contributed by atoms with Gasteiger partial charge in [-0.05, 0) is 62.4 Å². The number of benzene rings is 5. The van der Waals surface area contributed by atoms with Crippen LogP contribution in [0, 0.1) is 49.7 Å². The van der Waals surface area contributed by atoms with Gasteiger partial charge in [0.2, 0.25) is 0 Å². The molecule has 0 saturated carbocycles. The monoisotopic (exact) mass is 683 g/mol. The lowest BCUT2D eigenvalue weighted by atomic mass is 10.0. The molecule has 3 aromatic heterocycles. The van der Waals surface area contributed by atoms with Crippen LogP contribution in [0.1, 0.15) is 28.3 Å². The number of fused-ring (bicyclic) bond motifs is 6. The Hall–Kier alpha value is -7.54. The minimum absolute atomic E-state index is 0.127. The molecule has 52 heavy (non-hydrogen) atoms. The van der Waals surface area contributed by atoms with E-state index in [0.717, 1.165) is 0 Å². The maximum atomic E-state index is 16.1. The van der Waals surface area contributed by atoms with E-state index in [1.807, 2.05) is 0 Å². The summed E-state index contributed by atoms with van der Waals surface area (Å²) < 4.78 is 51.1. The summed E-state index contributed by atoms with van der Waals surface area (Å²) in [6.07, 6.45) is -4.99. The van der Waals surface area contributed by atoms with Crippen LogP contribution in [0.25, 0.3) is 76.1 Å². The van der Waals surface area contributed by atoms with Crippen molar-refractivity contribution in [2.24, 2.45) is 0 Å². The molecular weight excluding hydrogens is 663 g/mol. The number of alkyl halides is 3. The lowest BCUT2D eigenvalue weighted by Gasteiger charge is -2.23. The Morgan fingerprint density at radius 2 is 1.00 bits per heavy atom. The molecule has 0 radical (unpaired) electrons. The molecule has 0 amide bonds. The summed E-state index contributed by atoms with van der Waals surface area (Å²) in [5, 5.41) is 22.0. The van der Waals surface area contributed by atoms with Crippen molar-refractivity contribution in [3.63, 3.8) is 0 Å². The van der Waals surface area contributed by atoms with Crippen LogP contribution in [0.2, 0.25) is 0 Å². The number of hydrogen-bond donors (Lipinski definition) is 0. The van der Waals surface area contributed by atoms with Crippen molar-refractivity contribution >= 4 is 55.0 Å². The minimum atomic E-state index is -4.99. The SMILES string of the molecule is [C-]#[N+]c1ccc2c3ccc(C#N)cc3n(-c3cc(-c4nc(C)nc(C)n4)cc(-n4c5cc(C#N)ccc5c5ccc([N+]#[C-])cc54)c3C(F)(F)F)c2c1. The van der Waals surface area contributed by atoms with E-state index < -0.39 is 11.7 Å². The Bertz CT molecular complexity index is 2700. The quantitative estimate of drug-likeness (QED) is 0.172. The smallest absolute Gasteiger partial charge is 0.310 e. The lowest BCUT2D eigenvalue weighted by molar-refractivity contribution is -0.137. The summed E-state index contributed by atoms with van der Waals surface area (Å²) in [5.74, 6) is 0.849. The molecule has 0 fully saturated rings. The van der Waals surface area contributed by atoms with E-state index in [-0.39, 0.29) is 45.3 Å². The number of aromatic nitrogens is 5. The standard InChI is InChI=1S/C40H20F3N9/c1-21-48-22(2)50-39(49-21)25-15-36(51-32-13-23(19-44)5-9-28(32)30-11-7-26(46-3)17-34(30)51)38(40(41,42)43)37(16-25)52-33-14-24(20-45)6-10-29(33)31-12-8-27(47-4)18-35(31)52/h5-18H,1-2H3. The molecule has 0 N–H and O–H groups in total. The molecule has 0 atom stereocenters. The topological polar surface area (TPSA) is 105 Å². The van der Waals surface area contributed by atoms with Crippen LogP contribution in [-0.4, -0.2) is 24.1 Å². The van der Waals surface area contributed by atoms with Gasteiger partial charge in [0.15, 0.2) is 17.2 Å². The lowest BCUT2D eigenvalue weighted by Crippen LogP contribution is -2.16. The summed E-state index contributed by atoms with van der Waals surface area (Å²) in [6, 6.07) is 26.1. The normalized spacial score (nSPS) is 11.5. The molecule has 12 heteroatoms. The first-order valence-electron chi connectivity index (χ1n) is 15.7. The first-order chi connectivity index (χ1) is 25.0. The first kappa shape index (κ1) is 31.7. The highest BCUT2D eigenvalue weighted by molar-refractivity contribution is 6.12. The number of halogens is 3. The molecule has 0 spiro atoms. The fourth-order valence-corrected chi connectivity index (χ4v) is 6.94. The van der Waals surface area contributed by atoms with E-state index >= 15 is 13.2 Å². The van der Waals surface area contributed by atoms with Crippen LogP contribution in [0.4, 0.5) is 24.5 Å². The van der Waals surface area contributed by atoms with Crippen LogP contribution >= 0.6 is 0 Å². The molecule has 9 nitrogen and oxygen atoms in total. The van der Waals surface area contributed by atoms with Crippen molar-refractivity contribution in [1.82, 2.24) is 24.1 Å². The van der Waals surface area contributed by atoms with Gasteiger partial charge in [0, 0.05) is 38.1 Å².